The van der Waals surface area contributed by atoms with E-state index in [0.717, 1.165) is 19.4 Å². The Labute approximate surface area is 168 Å². The SMILES string of the molecule is C=CC[C@H](O[Si](CC)(CC)CC)/C(C)=C\[C@@H](CC)COCc1ccccc1. The highest BCUT2D eigenvalue weighted by Crippen LogP contribution is 2.28. The van der Waals surface area contributed by atoms with Gasteiger partial charge in [0.15, 0.2) is 8.32 Å². The van der Waals surface area contributed by atoms with Gasteiger partial charge in [0.05, 0.1) is 19.3 Å². The summed E-state index contributed by atoms with van der Waals surface area (Å²) in [5.74, 6) is 0.422. The molecule has 0 bridgehead atoms. The molecule has 2 atom stereocenters. The zero-order chi connectivity index (χ0) is 20.1. The molecule has 0 spiro atoms. The van der Waals surface area contributed by atoms with Gasteiger partial charge in [-0.2, -0.15) is 0 Å². The summed E-state index contributed by atoms with van der Waals surface area (Å²) in [6, 6.07) is 13.9. The van der Waals surface area contributed by atoms with E-state index in [2.05, 4.69) is 71.5 Å². The third-order valence-corrected chi connectivity index (χ3v) is 10.3. The molecule has 0 N–H and O–H groups in total. The second-order valence-corrected chi connectivity index (χ2v) is 12.2. The number of ether oxygens (including phenoxy) is 1. The number of benzene rings is 1. The lowest BCUT2D eigenvalue weighted by atomic mass is 10.00. The van der Waals surface area contributed by atoms with E-state index in [0.29, 0.717) is 12.5 Å². The Morgan fingerprint density at radius 1 is 1.07 bits per heavy atom. The Kier molecular flexibility index (Phi) is 11.6. The maximum absolute atomic E-state index is 6.77. The van der Waals surface area contributed by atoms with Crippen LogP contribution in [0.3, 0.4) is 0 Å². The summed E-state index contributed by atoms with van der Waals surface area (Å²) in [6.07, 6.45) is 6.49. The minimum absolute atomic E-state index is 0.164. The van der Waals surface area contributed by atoms with Gasteiger partial charge in [-0.3, -0.25) is 0 Å². The highest BCUT2D eigenvalue weighted by Gasteiger charge is 2.32. The zero-order valence-electron chi connectivity index (χ0n) is 18.2. The van der Waals surface area contributed by atoms with Gasteiger partial charge in [-0.05, 0) is 49.0 Å². The average Bonchev–Trinajstić information content (AvgIpc) is 2.71. The first kappa shape index (κ1) is 23.9. The van der Waals surface area contributed by atoms with E-state index in [1.165, 1.54) is 29.3 Å². The van der Waals surface area contributed by atoms with Crippen molar-refractivity contribution in [1.29, 1.82) is 0 Å². The Morgan fingerprint density at radius 2 is 1.70 bits per heavy atom. The Morgan fingerprint density at radius 3 is 2.22 bits per heavy atom. The first-order valence-corrected chi connectivity index (χ1v) is 13.2. The minimum atomic E-state index is -1.63. The molecule has 1 aromatic carbocycles. The molecule has 0 aromatic heterocycles. The van der Waals surface area contributed by atoms with E-state index in [1.54, 1.807) is 0 Å². The van der Waals surface area contributed by atoms with Crippen LogP contribution in [0.2, 0.25) is 18.1 Å². The highest BCUT2D eigenvalue weighted by molar-refractivity contribution is 6.73. The summed E-state index contributed by atoms with van der Waals surface area (Å²) >= 11 is 0. The van der Waals surface area contributed by atoms with Gasteiger partial charge < -0.3 is 9.16 Å². The molecule has 1 rings (SSSR count). The van der Waals surface area contributed by atoms with Crippen molar-refractivity contribution in [2.75, 3.05) is 6.61 Å². The monoisotopic (exact) mass is 388 g/mol. The minimum Gasteiger partial charge on any atom is -0.410 e. The molecule has 0 unspecified atom stereocenters. The fourth-order valence-corrected chi connectivity index (χ4v) is 6.33. The first-order valence-electron chi connectivity index (χ1n) is 10.6. The fourth-order valence-electron chi connectivity index (χ4n) is 3.45. The van der Waals surface area contributed by atoms with Crippen LogP contribution in [0, 0.1) is 5.92 Å². The number of hydrogen-bond donors (Lipinski definition) is 0. The maximum Gasteiger partial charge on any atom is 0.192 e. The third kappa shape index (κ3) is 8.16. The van der Waals surface area contributed by atoms with Crippen LogP contribution < -0.4 is 0 Å². The zero-order valence-corrected chi connectivity index (χ0v) is 19.2. The molecule has 0 radical (unpaired) electrons. The molecule has 1 aromatic rings. The molecule has 2 nitrogen and oxygen atoms in total. The van der Waals surface area contributed by atoms with Gasteiger partial charge in [-0.1, -0.05) is 70.2 Å². The smallest absolute Gasteiger partial charge is 0.192 e. The van der Waals surface area contributed by atoms with Crippen molar-refractivity contribution in [3.8, 4) is 0 Å². The highest BCUT2D eigenvalue weighted by atomic mass is 28.4. The summed E-state index contributed by atoms with van der Waals surface area (Å²) in [4.78, 5) is 0. The van der Waals surface area contributed by atoms with Crippen molar-refractivity contribution in [3.05, 3.63) is 60.2 Å². The fraction of sp³-hybridized carbons (Fsp3) is 0.583. The molecule has 3 heteroatoms. The number of hydrogen-bond acceptors (Lipinski definition) is 2. The molecule has 27 heavy (non-hydrogen) atoms. The van der Waals surface area contributed by atoms with Crippen LogP contribution in [-0.4, -0.2) is 21.0 Å². The van der Waals surface area contributed by atoms with Crippen LogP contribution in [0.15, 0.2) is 54.6 Å². The number of rotatable bonds is 14. The van der Waals surface area contributed by atoms with Crippen molar-refractivity contribution in [2.24, 2.45) is 5.92 Å². The molecule has 0 saturated carbocycles. The molecular formula is C24H40O2Si. The largest absolute Gasteiger partial charge is 0.410 e. The predicted molar refractivity (Wildman–Crippen MR) is 121 cm³/mol. The first-order chi connectivity index (χ1) is 13.0. The summed E-state index contributed by atoms with van der Waals surface area (Å²) < 4.78 is 12.7. The normalized spacial score (nSPS) is 14.8. The molecule has 0 aliphatic rings. The van der Waals surface area contributed by atoms with Crippen LogP contribution in [0.1, 0.15) is 53.0 Å². The Bertz CT molecular complexity index is 540. The summed E-state index contributed by atoms with van der Waals surface area (Å²) in [7, 11) is -1.63. The van der Waals surface area contributed by atoms with E-state index in [4.69, 9.17) is 9.16 Å². The quantitative estimate of drug-likeness (QED) is 0.249. The van der Waals surface area contributed by atoms with Gasteiger partial charge in [0.1, 0.15) is 0 Å². The van der Waals surface area contributed by atoms with E-state index >= 15 is 0 Å². The second-order valence-electron chi connectivity index (χ2n) is 7.45. The second kappa shape index (κ2) is 13.1. The average molecular weight is 389 g/mol. The van der Waals surface area contributed by atoms with E-state index in [-0.39, 0.29) is 6.10 Å². The van der Waals surface area contributed by atoms with Crippen molar-refractivity contribution >= 4 is 8.32 Å². The molecule has 0 fully saturated rings. The standard InChI is InChI=1S/C24H40O2Si/c1-7-15-24(26-27(9-3,10-4)11-5)21(6)18-22(8-2)19-25-20-23-16-13-12-14-17-23/h7,12-14,16-18,22,24H,1,8-11,15,19-20H2,2-6H3/b21-18-/t22-,24+/m1/s1. The van der Waals surface area contributed by atoms with Gasteiger partial charge >= 0.3 is 0 Å². The lowest BCUT2D eigenvalue weighted by Crippen LogP contribution is -2.40. The van der Waals surface area contributed by atoms with Gasteiger partial charge in [0.25, 0.3) is 0 Å². The molecule has 0 saturated heterocycles. The summed E-state index contributed by atoms with van der Waals surface area (Å²) in [5, 5.41) is 0. The molecular weight excluding hydrogens is 348 g/mol. The van der Waals surface area contributed by atoms with E-state index < -0.39 is 8.32 Å². The van der Waals surface area contributed by atoms with Crippen LogP contribution in [0.4, 0.5) is 0 Å². The summed E-state index contributed by atoms with van der Waals surface area (Å²) in [6.45, 7) is 16.7. The van der Waals surface area contributed by atoms with Crippen molar-refractivity contribution < 1.29 is 9.16 Å². The lowest BCUT2D eigenvalue weighted by Gasteiger charge is -2.34. The van der Waals surface area contributed by atoms with E-state index in [9.17, 15) is 0 Å². The maximum atomic E-state index is 6.77. The van der Waals surface area contributed by atoms with Gasteiger partial charge in [0, 0.05) is 5.92 Å². The van der Waals surface area contributed by atoms with Crippen molar-refractivity contribution in [2.45, 2.75) is 78.3 Å². The van der Waals surface area contributed by atoms with Crippen molar-refractivity contribution in [1.82, 2.24) is 0 Å². The van der Waals surface area contributed by atoms with E-state index in [1.807, 2.05) is 12.1 Å². The van der Waals surface area contributed by atoms with Crippen LogP contribution in [-0.2, 0) is 15.8 Å². The third-order valence-electron chi connectivity index (χ3n) is 5.68. The Hall–Kier alpha value is -1.16. The molecule has 0 aliphatic carbocycles. The van der Waals surface area contributed by atoms with Crippen molar-refractivity contribution in [3.63, 3.8) is 0 Å². The summed E-state index contributed by atoms with van der Waals surface area (Å²) in [5.41, 5.74) is 2.56. The van der Waals surface area contributed by atoms with Crippen LogP contribution in [0.5, 0.6) is 0 Å². The molecule has 0 heterocycles. The van der Waals surface area contributed by atoms with Crippen LogP contribution >= 0.6 is 0 Å². The van der Waals surface area contributed by atoms with Gasteiger partial charge in [-0.15, -0.1) is 6.58 Å². The molecule has 152 valence electrons. The van der Waals surface area contributed by atoms with Gasteiger partial charge in [0.2, 0.25) is 0 Å². The topological polar surface area (TPSA) is 18.5 Å². The predicted octanol–water partition coefficient (Wildman–Crippen LogP) is 7.14. The van der Waals surface area contributed by atoms with Gasteiger partial charge in [-0.25, -0.2) is 0 Å². The molecule has 0 aliphatic heterocycles. The Balaban J connectivity index is 2.73. The lowest BCUT2D eigenvalue weighted by molar-refractivity contribution is 0.0978. The molecule has 0 amide bonds. The van der Waals surface area contributed by atoms with Crippen LogP contribution in [0.25, 0.3) is 0 Å².